The van der Waals surface area contributed by atoms with Gasteiger partial charge in [-0.1, -0.05) is 0 Å². The van der Waals surface area contributed by atoms with Crippen molar-refractivity contribution in [1.29, 1.82) is 0 Å². The van der Waals surface area contributed by atoms with Crippen LogP contribution in [-0.2, 0) is 27.1 Å². The SMILES string of the molecule is [CH2-][N+](CC)(CC)CS(=O)(=O)NC.[Cu+]. The van der Waals surface area contributed by atoms with Crippen LogP contribution in [0.1, 0.15) is 13.8 Å². The van der Waals surface area contributed by atoms with Crippen LogP contribution in [0.3, 0.4) is 0 Å². The maximum Gasteiger partial charge on any atom is 1.00 e. The van der Waals surface area contributed by atoms with Gasteiger partial charge in [0.1, 0.15) is 0 Å². The fourth-order valence-electron chi connectivity index (χ4n) is 0.831. The smallest absolute Gasteiger partial charge is 0.444 e. The van der Waals surface area contributed by atoms with Crippen LogP contribution in [0, 0.1) is 7.05 Å². The molecule has 0 aromatic heterocycles. The summed E-state index contributed by atoms with van der Waals surface area (Å²) in [5.41, 5.74) is 0. The molecule has 6 heteroatoms. The summed E-state index contributed by atoms with van der Waals surface area (Å²) in [7, 11) is 2.14. The summed E-state index contributed by atoms with van der Waals surface area (Å²) in [4.78, 5) is 0. The van der Waals surface area contributed by atoms with Crippen molar-refractivity contribution in [2.24, 2.45) is 0 Å². The quantitative estimate of drug-likeness (QED) is 0.433. The number of nitrogens with zero attached hydrogens (tertiary/aromatic N) is 1. The van der Waals surface area contributed by atoms with E-state index in [9.17, 15) is 8.42 Å². The summed E-state index contributed by atoms with van der Waals surface area (Å²) in [6.07, 6.45) is 0. The molecule has 0 atom stereocenters. The molecule has 0 unspecified atom stereocenters. The van der Waals surface area contributed by atoms with Crippen LogP contribution in [0.15, 0.2) is 0 Å². The third kappa shape index (κ3) is 5.65. The van der Waals surface area contributed by atoms with Gasteiger partial charge >= 0.3 is 17.1 Å². The Morgan fingerprint density at radius 1 is 1.31 bits per heavy atom. The van der Waals surface area contributed by atoms with Crippen molar-refractivity contribution in [2.45, 2.75) is 13.8 Å². The first-order valence-corrected chi connectivity index (χ1v) is 5.66. The van der Waals surface area contributed by atoms with Crippen molar-refractivity contribution in [2.75, 3.05) is 26.0 Å². The van der Waals surface area contributed by atoms with Crippen molar-refractivity contribution >= 4 is 10.0 Å². The van der Waals surface area contributed by atoms with Crippen molar-refractivity contribution in [1.82, 2.24) is 4.72 Å². The fourth-order valence-corrected chi connectivity index (χ4v) is 2.05. The number of sulfonamides is 1. The molecule has 4 nitrogen and oxygen atoms in total. The Kier molecular flexibility index (Phi) is 7.29. The molecule has 0 saturated heterocycles. The second-order valence-electron chi connectivity index (χ2n) is 2.92. The Morgan fingerprint density at radius 3 is 1.92 bits per heavy atom. The Labute approximate surface area is 91.8 Å². The van der Waals surface area contributed by atoms with Crippen LogP contribution >= 0.6 is 0 Å². The third-order valence-corrected chi connectivity index (χ3v) is 3.61. The fraction of sp³-hybridized carbons (Fsp3) is 0.857. The van der Waals surface area contributed by atoms with E-state index in [2.05, 4.69) is 11.8 Å². The van der Waals surface area contributed by atoms with Crippen molar-refractivity contribution in [3.8, 4) is 0 Å². The summed E-state index contributed by atoms with van der Waals surface area (Å²) >= 11 is 0. The van der Waals surface area contributed by atoms with E-state index in [1.165, 1.54) is 7.05 Å². The maximum absolute atomic E-state index is 11.2. The molecule has 0 aromatic carbocycles. The van der Waals surface area contributed by atoms with Crippen molar-refractivity contribution in [3.63, 3.8) is 0 Å². The normalized spacial score (nSPS) is 12.3. The standard InChI is InChI=1S/C7H18N2O2S.Cu/c1-5-9(4,6-2)7-12(10,11)8-3;/h8H,4-7H2,1-3H3;/q;+1. The molecule has 0 aliphatic heterocycles. The Morgan fingerprint density at radius 2 is 1.69 bits per heavy atom. The molecular weight excluding hydrogens is 240 g/mol. The van der Waals surface area contributed by atoms with Crippen LogP contribution in [0.4, 0.5) is 0 Å². The van der Waals surface area contributed by atoms with Crippen LogP contribution in [0.5, 0.6) is 0 Å². The topological polar surface area (TPSA) is 46.2 Å². The second kappa shape index (κ2) is 5.98. The average Bonchev–Trinajstić information content (AvgIpc) is 2.04. The van der Waals surface area contributed by atoms with E-state index in [0.29, 0.717) is 4.48 Å². The average molecular weight is 258 g/mol. The van der Waals surface area contributed by atoms with Gasteiger partial charge in [-0.25, -0.2) is 13.1 Å². The van der Waals surface area contributed by atoms with E-state index in [0.717, 1.165) is 13.1 Å². The van der Waals surface area contributed by atoms with Crippen LogP contribution in [0.2, 0.25) is 0 Å². The second-order valence-corrected chi connectivity index (χ2v) is 4.82. The van der Waals surface area contributed by atoms with E-state index in [1.54, 1.807) is 0 Å². The predicted molar refractivity (Wildman–Crippen MR) is 49.5 cm³/mol. The van der Waals surface area contributed by atoms with Crippen LogP contribution in [0.25, 0.3) is 0 Å². The monoisotopic (exact) mass is 257 g/mol. The van der Waals surface area contributed by atoms with E-state index in [4.69, 9.17) is 0 Å². The van der Waals surface area contributed by atoms with Gasteiger partial charge in [-0.3, -0.25) is 0 Å². The largest absolute Gasteiger partial charge is 1.00 e. The molecule has 0 spiro atoms. The predicted octanol–water partition coefficient (Wildman–Crippen LogP) is 0.139. The number of hydrogen-bond donors (Lipinski definition) is 1. The van der Waals surface area contributed by atoms with Gasteiger partial charge in [-0.05, 0) is 20.9 Å². The molecule has 13 heavy (non-hydrogen) atoms. The minimum absolute atomic E-state index is 0. The molecule has 0 saturated carbocycles. The molecule has 0 heterocycles. The first-order valence-electron chi connectivity index (χ1n) is 4.01. The molecule has 0 rings (SSSR count). The first kappa shape index (κ1) is 15.8. The Hall–Kier alpha value is 0.389. The number of nitrogens with one attached hydrogen (secondary N) is 1. The molecule has 0 aliphatic carbocycles. The van der Waals surface area contributed by atoms with Gasteiger partial charge in [0.2, 0.25) is 0 Å². The zero-order valence-corrected chi connectivity index (χ0v) is 10.1. The summed E-state index contributed by atoms with van der Waals surface area (Å²) in [5.74, 6) is 0.0521. The zero-order chi connectivity index (χ0) is 9.83. The molecule has 0 fully saturated rings. The molecule has 1 N–H and O–H groups in total. The number of quaternary nitrogens is 1. The van der Waals surface area contributed by atoms with Crippen LogP contribution < -0.4 is 4.72 Å². The van der Waals surface area contributed by atoms with E-state index in [1.807, 2.05) is 13.8 Å². The molecular formula is C7H18CuN2O2S+. The zero-order valence-electron chi connectivity index (χ0n) is 8.30. The van der Waals surface area contributed by atoms with Gasteiger partial charge < -0.3 is 4.48 Å². The Balaban J connectivity index is 0. The molecule has 0 radical (unpaired) electrons. The summed E-state index contributed by atoms with van der Waals surface area (Å²) in [5, 5.41) is 0. The van der Waals surface area contributed by atoms with Gasteiger partial charge in [-0.2, -0.15) is 0 Å². The minimum Gasteiger partial charge on any atom is -0.444 e. The van der Waals surface area contributed by atoms with Crippen molar-refractivity contribution < 1.29 is 30.0 Å². The molecule has 0 amide bonds. The minimum atomic E-state index is -3.14. The third-order valence-electron chi connectivity index (χ3n) is 2.10. The molecule has 0 bridgehead atoms. The van der Waals surface area contributed by atoms with Gasteiger partial charge in [0.05, 0.1) is 13.1 Å². The van der Waals surface area contributed by atoms with Gasteiger partial charge in [-0.15, -0.1) is 7.05 Å². The maximum atomic E-state index is 11.2. The van der Waals surface area contributed by atoms with Crippen molar-refractivity contribution in [3.05, 3.63) is 7.05 Å². The van der Waals surface area contributed by atoms with E-state index < -0.39 is 10.0 Å². The van der Waals surface area contributed by atoms with E-state index >= 15 is 0 Å². The van der Waals surface area contributed by atoms with Gasteiger partial charge in [0.25, 0.3) is 10.0 Å². The number of rotatable bonds is 5. The van der Waals surface area contributed by atoms with Gasteiger partial charge in [0, 0.05) is 0 Å². The first-order chi connectivity index (χ1) is 5.39. The van der Waals surface area contributed by atoms with Crippen LogP contribution in [-0.4, -0.2) is 38.9 Å². The Bertz CT molecular complexity index is 225. The summed E-state index contributed by atoms with van der Waals surface area (Å²) in [6, 6.07) is 0. The van der Waals surface area contributed by atoms with Gasteiger partial charge in [0.15, 0.2) is 5.88 Å². The van der Waals surface area contributed by atoms with E-state index in [-0.39, 0.29) is 22.9 Å². The molecule has 0 aliphatic rings. The molecule has 84 valence electrons. The number of hydrogen-bond acceptors (Lipinski definition) is 2. The summed E-state index contributed by atoms with van der Waals surface area (Å²) < 4.78 is 24.9. The summed E-state index contributed by atoms with van der Waals surface area (Å²) in [6.45, 7) is 5.30. The molecule has 0 aromatic rings.